The third kappa shape index (κ3) is 4.17. The van der Waals surface area contributed by atoms with E-state index in [0.29, 0.717) is 22.5 Å². The fraction of sp³-hybridized carbons (Fsp3) is 0.167. The van der Waals surface area contributed by atoms with E-state index in [2.05, 4.69) is 20.0 Å². The monoisotopic (exact) mass is 498 g/mol. The number of hydrogen-bond donors (Lipinski definition) is 1. The smallest absolute Gasteiger partial charge is 0.491 e. The summed E-state index contributed by atoms with van der Waals surface area (Å²) in [5, 5.41) is 3.02. The van der Waals surface area contributed by atoms with Crippen molar-refractivity contribution in [3.63, 3.8) is 0 Å². The summed E-state index contributed by atoms with van der Waals surface area (Å²) in [6, 6.07) is 13.4. The van der Waals surface area contributed by atoms with E-state index in [4.69, 9.17) is 9.57 Å². The number of benzene rings is 2. The standard InChI is InChI=1S/C24H17F3N4O5/c25-24(26,27)36-16-8-6-15(7-9-16)23(10-12-34-19-5-2-11-28-21(19)23)30-22(33)17-3-1-4-18-20(17)29-13-31(18)35-14-32/h1-9,11,13-14H,10,12H2,(H,30,33). The van der Waals surface area contributed by atoms with Crippen molar-refractivity contribution >= 4 is 23.4 Å². The Balaban J connectivity index is 1.58. The number of nitrogens with zero attached hydrogens (tertiary/aromatic N) is 3. The van der Waals surface area contributed by atoms with E-state index in [1.54, 1.807) is 30.3 Å². The zero-order chi connectivity index (χ0) is 25.3. The molecule has 0 saturated carbocycles. The van der Waals surface area contributed by atoms with Crippen LogP contribution in [0, 0.1) is 0 Å². The second-order valence-corrected chi connectivity index (χ2v) is 7.83. The molecule has 1 aliphatic heterocycles. The van der Waals surface area contributed by atoms with Gasteiger partial charge in [-0.15, -0.1) is 13.2 Å². The van der Waals surface area contributed by atoms with Gasteiger partial charge >= 0.3 is 12.8 Å². The number of carbonyl (C=O) groups excluding carboxylic acids is 2. The molecule has 2 aromatic carbocycles. The largest absolute Gasteiger partial charge is 0.573 e. The van der Waals surface area contributed by atoms with Crippen LogP contribution in [0.5, 0.6) is 11.5 Å². The molecular formula is C24H17F3N4O5. The number of alkyl halides is 3. The minimum absolute atomic E-state index is 0.195. The summed E-state index contributed by atoms with van der Waals surface area (Å²) in [7, 11) is 0. The Hall–Kier alpha value is -4.61. The van der Waals surface area contributed by atoms with Crippen molar-refractivity contribution in [2.45, 2.75) is 18.3 Å². The Labute approximate surface area is 201 Å². The second kappa shape index (κ2) is 8.87. The van der Waals surface area contributed by atoms with Crippen molar-refractivity contribution in [1.82, 2.24) is 20.0 Å². The average Bonchev–Trinajstić information content (AvgIpc) is 3.27. The summed E-state index contributed by atoms with van der Waals surface area (Å²) >= 11 is 0. The van der Waals surface area contributed by atoms with Crippen molar-refractivity contribution in [3.8, 4) is 11.5 Å². The molecule has 4 aromatic rings. The molecule has 0 spiro atoms. The highest BCUT2D eigenvalue weighted by atomic mass is 19.4. The van der Waals surface area contributed by atoms with Gasteiger partial charge in [-0.1, -0.05) is 18.2 Å². The van der Waals surface area contributed by atoms with E-state index in [1.807, 2.05) is 0 Å². The summed E-state index contributed by atoms with van der Waals surface area (Å²) in [4.78, 5) is 37.9. The molecule has 1 unspecified atom stereocenters. The first-order chi connectivity index (χ1) is 17.3. The maximum atomic E-state index is 13.6. The molecule has 12 heteroatoms. The molecule has 1 aliphatic rings. The van der Waals surface area contributed by atoms with Crippen LogP contribution >= 0.6 is 0 Å². The van der Waals surface area contributed by atoms with Crippen LogP contribution in [0.15, 0.2) is 67.1 Å². The lowest BCUT2D eigenvalue weighted by molar-refractivity contribution is -0.274. The Kier molecular flexibility index (Phi) is 5.71. The number of para-hydroxylation sites is 1. The fourth-order valence-corrected chi connectivity index (χ4v) is 4.27. The number of rotatable bonds is 6. The van der Waals surface area contributed by atoms with Crippen LogP contribution in [-0.4, -0.2) is 40.0 Å². The molecule has 1 atom stereocenters. The van der Waals surface area contributed by atoms with Gasteiger partial charge in [-0.05, 0) is 42.0 Å². The number of hydrogen-bond acceptors (Lipinski definition) is 7. The van der Waals surface area contributed by atoms with Crippen molar-refractivity contribution in [1.29, 1.82) is 0 Å². The van der Waals surface area contributed by atoms with Gasteiger partial charge in [0.2, 0.25) is 0 Å². The predicted octanol–water partition coefficient (Wildman–Crippen LogP) is 3.37. The molecule has 0 aliphatic carbocycles. The van der Waals surface area contributed by atoms with Gasteiger partial charge in [-0.25, -0.2) is 4.98 Å². The molecule has 1 amide bonds. The maximum absolute atomic E-state index is 13.6. The van der Waals surface area contributed by atoms with E-state index in [0.717, 1.165) is 4.73 Å². The Morgan fingerprint density at radius 1 is 1.11 bits per heavy atom. The van der Waals surface area contributed by atoms with Gasteiger partial charge in [0.05, 0.1) is 12.2 Å². The van der Waals surface area contributed by atoms with Gasteiger partial charge in [-0.2, -0.15) is 4.73 Å². The van der Waals surface area contributed by atoms with E-state index < -0.39 is 23.6 Å². The van der Waals surface area contributed by atoms with Gasteiger partial charge in [0.15, 0.2) is 0 Å². The van der Waals surface area contributed by atoms with Crippen LogP contribution in [-0.2, 0) is 10.3 Å². The van der Waals surface area contributed by atoms with Crippen LogP contribution in [0.3, 0.4) is 0 Å². The molecule has 3 heterocycles. The van der Waals surface area contributed by atoms with Crippen LogP contribution in [0.25, 0.3) is 11.0 Å². The summed E-state index contributed by atoms with van der Waals surface area (Å²) in [5.74, 6) is -0.487. The van der Waals surface area contributed by atoms with E-state index in [-0.39, 0.29) is 30.6 Å². The molecule has 5 rings (SSSR count). The quantitative estimate of drug-likeness (QED) is 0.407. The number of amides is 1. The molecule has 0 saturated heterocycles. The van der Waals surface area contributed by atoms with Crippen LogP contribution in [0.4, 0.5) is 13.2 Å². The predicted molar refractivity (Wildman–Crippen MR) is 118 cm³/mol. The Bertz CT molecular complexity index is 1440. The van der Waals surface area contributed by atoms with Crippen LogP contribution < -0.4 is 19.6 Å². The number of aromatic nitrogens is 3. The third-order valence-electron chi connectivity index (χ3n) is 5.76. The zero-order valence-electron chi connectivity index (χ0n) is 18.4. The Morgan fingerprint density at radius 2 is 1.92 bits per heavy atom. The molecule has 0 bridgehead atoms. The number of ether oxygens (including phenoxy) is 2. The summed E-state index contributed by atoms with van der Waals surface area (Å²) < 4.78 is 48.8. The van der Waals surface area contributed by atoms with E-state index >= 15 is 0 Å². The molecule has 9 nitrogen and oxygen atoms in total. The fourth-order valence-electron chi connectivity index (χ4n) is 4.27. The molecular weight excluding hydrogens is 481 g/mol. The van der Waals surface area contributed by atoms with Crippen molar-refractivity contribution in [2.75, 3.05) is 6.61 Å². The van der Waals surface area contributed by atoms with Gasteiger partial charge in [0, 0.05) is 12.6 Å². The van der Waals surface area contributed by atoms with E-state index in [9.17, 15) is 22.8 Å². The molecule has 184 valence electrons. The lowest BCUT2D eigenvalue weighted by Crippen LogP contribution is -2.50. The molecule has 2 aromatic heterocycles. The molecule has 1 N–H and O–H groups in total. The van der Waals surface area contributed by atoms with Gasteiger partial charge in [0.1, 0.15) is 40.1 Å². The van der Waals surface area contributed by atoms with E-state index in [1.165, 1.54) is 36.8 Å². The van der Waals surface area contributed by atoms with Gasteiger partial charge < -0.3 is 19.6 Å². The van der Waals surface area contributed by atoms with Gasteiger partial charge in [0.25, 0.3) is 5.91 Å². The first kappa shape index (κ1) is 23.1. The third-order valence-corrected chi connectivity index (χ3v) is 5.76. The molecule has 0 radical (unpaired) electrons. The summed E-state index contributed by atoms with van der Waals surface area (Å²) in [6.07, 6.45) is -1.79. The Morgan fingerprint density at radius 3 is 2.67 bits per heavy atom. The zero-order valence-corrected chi connectivity index (χ0v) is 18.4. The van der Waals surface area contributed by atoms with Crippen molar-refractivity contribution in [3.05, 3.63) is 83.9 Å². The first-order valence-electron chi connectivity index (χ1n) is 10.6. The first-order valence-corrected chi connectivity index (χ1v) is 10.6. The molecule has 0 fully saturated rings. The highest BCUT2D eigenvalue weighted by molar-refractivity contribution is 6.05. The van der Waals surface area contributed by atoms with Crippen LogP contribution in [0.2, 0.25) is 0 Å². The lowest BCUT2D eigenvalue weighted by atomic mass is 9.81. The average molecular weight is 498 g/mol. The molecule has 36 heavy (non-hydrogen) atoms. The van der Waals surface area contributed by atoms with Crippen LogP contribution in [0.1, 0.15) is 28.0 Å². The van der Waals surface area contributed by atoms with Crippen molar-refractivity contribution in [2.24, 2.45) is 0 Å². The normalized spacial score (nSPS) is 17.1. The number of carbonyl (C=O) groups is 2. The number of fused-ring (bicyclic) bond motifs is 2. The summed E-state index contributed by atoms with van der Waals surface area (Å²) in [6.45, 7) is 0.450. The lowest BCUT2D eigenvalue weighted by Gasteiger charge is -2.39. The number of nitrogens with one attached hydrogen (secondary N) is 1. The number of halogens is 3. The topological polar surface area (TPSA) is 105 Å². The highest BCUT2D eigenvalue weighted by Gasteiger charge is 2.43. The van der Waals surface area contributed by atoms with Crippen molar-refractivity contribution < 1.29 is 37.1 Å². The minimum atomic E-state index is -4.84. The SMILES string of the molecule is O=COn1cnc2c(C(=O)NC3(c4ccc(OC(F)(F)F)cc4)CCOc4cccnc43)cccc21. The second-order valence-electron chi connectivity index (χ2n) is 7.83. The number of pyridine rings is 1. The maximum Gasteiger partial charge on any atom is 0.573 e. The summed E-state index contributed by atoms with van der Waals surface area (Å²) in [5.41, 5.74) is 0.525. The highest BCUT2D eigenvalue weighted by Crippen LogP contribution is 2.41. The number of imidazole rings is 1. The minimum Gasteiger partial charge on any atom is -0.491 e. The van der Waals surface area contributed by atoms with Gasteiger partial charge in [-0.3, -0.25) is 14.6 Å².